The molecule has 3 rings (SSSR count). The summed E-state index contributed by atoms with van der Waals surface area (Å²) < 4.78 is 10.4. The van der Waals surface area contributed by atoms with Crippen LogP contribution in [0.1, 0.15) is 23.0 Å². The van der Waals surface area contributed by atoms with Crippen LogP contribution in [0.4, 0.5) is 11.4 Å². The number of methoxy groups -OCH3 is 1. The zero-order valence-electron chi connectivity index (χ0n) is 14.8. The van der Waals surface area contributed by atoms with Crippen molar-refractivity contribution in [3.63, 3.8) is 0 Å². The Morgan fingerprint density at radius 1 is 1.19 bits per heavy atom. The quantitative estimate of drug-likeness (QED) is 0.631. The van der Waals surface area contributed by atoms with E-state index in [4.69, 9.17) is 21.1 Å². The van der Waals surface area contributed by atoms with Crippen molar-refractivity contribution in [2.75, 3.05) is 19.0 Å². The fourth-order valence-corrected chi connectivity index (χ4v) is 2.78. The summed E-state index contributed by atoms with van der Waals surface area (Å²) in [7, 11) is 1.33. The number of aryl methyl sites for hydroxylation is 1. The number of ether oxygens (including phenoxy) is 2. The van der Waals surface area contributed by atoms with Crippen LogP contribution >= 0.6 is 11.6 Å². The van der Waals surface area contributed by atoms with Crippen molar-refractivity contribution in [3.8, 4) is 5.75 Å². The molecule has 5 nitrogen and oxygen atoms in total. The molecular weight excluding hydrogens is 352 g/mol. The van der Waals surface area contributed by atoms with Gasteiger partial charge in [-0.05, 0) is 55.8 Å². The fraction of sp³-hybridized carbons (Fsp3) is 0.200. The van der Waals surface area contributed by atoms with Gasteiger partial charge in [0.2, 0.25) is 0 Å². The van der Waals surface area contributed by atoms with Gasteiger partial charge in [0.15, 0.2) is 5.69 Å². The number of aromatic nitrogens is 1. The third-order valence-corrected chi connectivity index (χ3v) is 4.34. The molecule has 0 bridgehead atoms. The van der Waals surface area contributed by atoms with E-state index in [1.807, 2.05) is 50.2 Å². The highest BCUT2D eigenvalue weighted by atomic mass is 35.5. The predicted octanol–water partition coefficient (Wildman–Crippen LogP) is 5.13. The monoisotopic (exact) mass is 370 g/mol. The topological polar surface area (TPSA) is 60.5 Å². The Balaban J connectivity index is 2.13. The Morgan fingerprint density at radius 2 is 2.00 bits per heavy atom. The van der Waals surface area contributed by atoms with Crippen molar-refractivity contribution in [2.45, 2.75) is 13.8 Å². The summed E-state index contributed by atoms with van der Waals surface area (Å²) in [5, 5.41) is 4.81. The van der Waals surface area contributed by atoms with E-state index in [1.165, 1.54) is 7.11 Å². The molecule has 26 heavy (non-hydrogen) atoms. The second-order valence-electron chi connectivity index (χ2n) is 5.75. The molecule has 0 aliphatic heterocycles. The molecule has 0 spiro atoms. The molecule has 0 saturated carbocycles. The highest BCUT2D eigenvalue weighted by molar-refractivity contribution is 6.31. The maximum atomic E-state index is 12.0. The summed E-state index contributed by atoms with van der Waals surface area (Å²) in [5.41, 5.74) is 3.41. The minimum Gasteiger partial charge on any atom is -0.494 e. The van der Waals surface area contributed by atoms with E-state index in [9.17, 15) is 4.79 Å². The van der Waals surface area contributed by atoms with Crippen LogP contribution in [0.15, 0.2) is 42.5 Å². The number of anilines is 2. The summed E-state index contributed by atoms with van der Waals surface area (Å²) in [6.45, 7) is 4.43. The number of esters is 1. The first-order valence-electron chi connectivity index (χ1n) is 8.21. The average Bonchev–Trinajstić information content (AvgIpc) is 2.64. The molecule has 0 amide bonds. The minimum absolute atomic E-state index is 0.227. The third-order valence-electron chi connectivity index (χ3n) is 3.94. The van der Waals surface area contributed by atoms with E-state index in [0.29, 0.717) is 17.1 Å². The van der Waals surface area contributed by atoms with E-state index in [2.05, 4.69) is 10.3 Å². The van der Waals surface area contributed by atoms with E-state index in [1.54, 1.807) is 6.07 Å². The van der Waals surface area contributed by atoms with E-state index in [0.717, 1.165) is 28.1 Å². The fourth-order valence-electron chi connectivity index (χ4n) is 2.60. The number of nitrogens with one attached hydrogen (secondary N) is 1. The normalized spacial score (nSPS) is 10.6. The summed E-state index contributed by atoms with van der Waals surface area (Å²) in [4.78, 5) is 16.4. The maximum Gasteiger partial charge on any atom is 0.356 e. The van der Waals surface area contributed by atoms with Gasteiger partial charge in [0.25, 0.3) is 0 Å². The zero-order chi connectivity index (χ0) is 18.7. The van der Waals surface area contributed by atoms with Crippen LogP contribution in [-0.2, 0) is 4.74 Å². The Kier molecular flexibility index (Phi) is 5.28. The van der Waals surface area contributed by atoms with Gasteiger partial charge in [-0.25, -0.2) is 9.78 Å². The van der Waals surface area contributed by atoms with E-state index >= 15 is 0 Å². The molecule has 0 fully saturated rings. The molecule has 134 valence electrons. The summed E-state index contributed by atoms with van der Waals surface area (Å²) in [6, 6.07) is 12.9. The standard InChI is InChI=1S/C20H19ClN2O3/c1-4-26-14-7-8-17-15(10-14)18(11-19(23-17)20(24)25-3)22-13-6-5-12(2)16(21)9-13/h5-11H,4H2,1-3H3,(H,22,23). The summed E-state index contributed by atoms with van der Waals surface area (Å²) in [6.07, 6.45) is 0. The van der Waals surface area contributed by atoms with Crippen LogP contribution < -0.4 is 10.1 Å². The zero-order valence-corrected chi connectivity index (χ0v) is 15.6. The van der Waals surface area contributed by atoms with Gasteiger partial charge in [-0.1, -0.05) is 17.7 Å². The van der Waals surface area contributed by atoms with Crippen LogP contribution in [0, 0.1) is 6.92 Å². The Bertz CT molecular complexity index is 973. The molecule has 1 heterocycles. The smallest absolute Gasteiger partial charge is 0.356 e. The number of hydrogen-bond acceptors (Lipinski definition) is 5. The van der Waals surface area contributed by atoms with Crippen LogP contribution in [0.25, 0.3) is 10.9 Å². The van der Waals surface area contributed by atoms with Gasteiger partial charge < -0.3 is 14.8 Å². The molecule has 1 aromatic heterocycles. The van der Waals surface area contributed by atoms with Gasteiger partial charge in [-0.2, -0.15) is 0 Å². The van der Waals surface area contributed by atoms with Crippen molar-refractivity contribution >= 4 is 39.8 Å². The van der Waals surface area contributed by atoms with Gasteiger partial charge in [0.05, 0.1) is 24.9 Å². The van der Waals surface area contributed by atoms with Gasteiger partial charge in [-0.15, -0.1) is 0 Å². The Hall–Kier alpha value is -2.79. The molecule has 2 aromatic carbocycles. The molecule has 0 aliphatic carbocycles. The molecule has 0 radical (unpaired) electrons. The van der Waals surface area contributed by atoms with E-state index < -0.39 is 5.97 Å². The molecule has 6 heteroatoms. The highest BCUT2D eigenvalue weighted by Gasteiger charge is 2.14. The molecule has 3 aromatic rings. The number of halogens is 1. The van der Waals surface area contributed by atoms with Crippen molar-refractivity contribution in [2.24, 2.45) is 0 Å². The lowest BCUT2D eigenvalue weighted by Crippen LogP contribution is -2.06. The van der Waals surface area contributed by atoms with Crippen molar-refractivity contribution in [3.05, 3.63) is 58.7 Å². The van der Waals surface area contributed by atoms with Crippen LogP contribution in [0.3, 0.4) is 0 Å². The molecule has 0 unspecified atom stereocenters. The van der Waals surface area contributed by atoms with Gasteiger partial charge in [0.1, 0.15) is 5.75 Å². The first kappa shape index (κ1) is 18.0. The first-order chi connectivity index (χ1) is 12.5. The van der Waals surface area contributed by atoms with Gasteiger partial charge >= 0.3 is 5.97 Å². The second kappa shape index (κ2) is 7.62. The van der Waals surface area contributed by atoms with Crippen molar-refractivity contribution in [1.29, 1.82) is 0 Å². The number of nitrogens with zero attached hydrogens (tertiary/aromatic N) is 1. The highest BCUT2D eigenvalue weighted by Crippen LogP contribution is 2.31. The summed E-state index contributed by atoms with van der Waals surface area (Å²) in [5.74, 6) is 0.239. The second-order valence-corrected chi connectivity index (χ2v) is 6.15. The lowest BCUT2D eigenvalue weighted by molar-refractivity contribution is 0.0594. The van der Waals surface area contributed by atoms with Crippen LogP contribution in [0.2, 0.25) is 5.02 Å². The minimum atomic E-state index is -0.495. The third kappa shape index (κ3) is 3.73. The number of fused-ring (bicyclic) bond motifs is 1. The van der Waals surface area contributed by atoms with E-state index in [-0.39, 0.29) is 5.69 Å². The molecule has 1 N–H and O–H groups in total. The number of pyridine rings is 1. The Morgan fingerprint density at radius 3 is 2.69 bits per heavy atom. The summed E-state index contributed by atoms with van der Waals surface area (Å²) >= 11 is 6.22. The predicted molar refractivity (Wildman–Crippen MR) is 104 cm³/mol. The Labute approximate surface area is 156 Å². The number of rotatable bonds is 5. The van der Waals surface area contributed by atoms with Crippen LogP contribution in [-0.4, -0.2) is 24.7 Å². The van der Waals surface area contributed by atoms with Gasteiger partial charge in [-0.3, -0.25) is 0 Å². The van der Waals surface area contributed by atoms with Gasteiger partial charge in [0, 0.05) is 16.1 Å². The number of carbonyl (C=O) groups is 1. The van der Waals surface area contributed by atoms with Crippen molar-refractivity contribution < 1.29 is 14.3 Å². The number of benzene rings is 2. The van der Waals surface area contributed by atoms with Crippen molar-refractivity contribution in [1.82, 2.24) is 4.98 Å². The SMILES string of the molecule is CCOc1ccc2nc(C(=O)OC)cc(Nc3ccc(C)c(Cl)c3)c2c1. The number of hydrogen-bond donors (Lipinski definition) is 1. The molecule has 0 saturated heterocycles. The number of carbonyl (C=O) groups excluding carboxylic acids is 1. The molecular formula is C20H19ClN2O3. The lowest BCUT2D eigenvalue weighted by Gasteiger charge is -2.13. The lowest BCUT2D eigenvalue weighted by atomic mass is 10.1. The maximum absolute atomic E-state index is 12.0. The largest absolute Gasteiger partial charge is 0.494 e. The molecule has 0 atom stereocenters. The van der Waals surface area contributed by atoms with Crippen LogP contribution in [0.5, 0.6) is 5.75 Å². The first-order valence-corrected chi connectivity index (χ1v) is 8.58. The molecule has 0 aliphatic rings. The average molecular weight is 371 g/mol.